The van der Waals surface area contributed by atoms with Gasteiger partial charge in [-0.15, -0.1) is 5.10 Å². The van der Waals surface area contributed by atoms with E-state index in [0.717, 1.165) is 31.2 Å². The standard InChI is InChI=1S/C28H33N3O4/c1-19(2)31(27(32)22-11-9-20(3)10-12-22)26-25(28(33)34)17-30(29-26)23-13-15-24(16-14-23)35-18-21-7-5-4-6-8-21/h4-8,13-17,19-20,22H,9-12,18H2,1-3H3,(H,33,34). The Morgan fingerprint density at radius 2 is 1.71 bits per heavy atom. The molecule has 7 heteroatoms. The molecule has 0 aliphatic heterocycles. The predicted molar refractivity (Wildman–Crippen MR) is 135 cm³/mol. The van der Waals surface area contributed by atoms with Crippen molar-refractivity contribution in [3.8, 4) is 11.4 Å². The number of carboxylic acids is 1. The molecule has 0 spiro atoms. The van der Waals surface area contributed by atoms with Crippen molar-refractivity contribution in [2.75, 3.05) is 4.90 Å². The van der Waals surface area contributed by atoms with Gasteiger partial charge in [0, 0.05) is 18.2 Å². The average molecular weight is 476 g/mol. The quantitative estimate of drug-likeness (QED) is 0.451. The maximum atomic E-state index is 13.5. The fourth-order valence-electron chi connectivity index (χ4n) is 4.57. The number of benzene rings is 2. The van der Waals surface area contributed by atoms with Gasteiger partial charge in [0.05, 0.1) is 5.69 Å². The number of carboxylic acid groups (broad SMARTS) is 1. The summed E-state index contributed by atoms with van der Waals surface area (Å²) in [6.07, 6.45) is 5.17. The van der Waals surface area contributed by atoms with Gasteiger partial charge in [-0.2, -0.15) is 0 Å². The van der Waals surface area contributed by atoms with E-state index in [1.807, 2.05) is 68.4 Å². The Hall–Kier alpha value is -3.61. The van der Waals surface area contributed by atoms with Gasteiger partial charge in [-0.1, -0.05) is 37.3 Å². The number of anilines is 1. The second-order valence-electron chi connectivity index (χ2n) is 9.64. The smallest absolute Gasteiger partial charge is 0.341 e. The Bertz CT molecular complexity index is 1150. The van der Waals surface area contributed by atoms with Crippen molar-refractivity contribution in [2.45, 2.75) is 59.1 Å². The number of ether oxygens (including phenoxy) is 1. The maximum absolute atomic E-state index is 13.5. The van der Waals surface area contributed by atoms with Gasteiger partial charge in [-0.05, 0) is 75.3 Å². The van der Waals surface area contributed by atoms with Gasteiger partial charge in [0.1, 0.15) is 17.9 Å². The Morgan fingerprint density at radius 3 is 2.31 bits per heavy atom. The highest BCUT2D eigenvalue weighted by Gasteiger charge is 2.34. The zero-order valence-electron chi connectivity index (χ0n) is 20.6. The number of carbonyl (C=O) groups excluding carboxylic acids is 1. The number of aromatic carboxylic acids is 1. The van der Waals surface area contributed by atoms with Crippen LogP contribution >= 0.6 is 0 Å². The second-order valence-corrected chi connectivity index (χ2v) is 9.64. The third kappa shape index (κ3) is 5.73. The van der Waals surface area contributed by atoms with Crippen molar-refractivity contribution < 1.29 is 19.4 Å². The molecule has 1 N–H and O–H groups in total. The molecule has 4 rings (SSSR count). The number of hydrogen-bond donors (Lipinski definition) is 1. The molecule has 3 aromatic rings. The monoisotopic (exact) mass is 475 g/mol. The summed E-state index contributed by atoms with van der Waals surface area (Å²) >= 11 is 0. The summed E-state index contributed by atoms with van der Waals surface area (Å²) in [6, 6.07) is 17.0. The number of hydrogen-bond acceptors (Lipinski definition) is 4. The van der Waals surface area contributed by atoms with Crippen LogP contribution in [0.2, 0.25) is 0 Å². The summed E-state index contributed by atoms with van der Waals surface area (Å²) in [5.74, 6) is 0.282. The van der Waals surface area contributed by atoms with Crippen LogP contribution < -0.4 is 9.64 Å². The van der Waals surface area contributed by atoms with Crippen LogP contribution in [0.25, 0.3) is 5.69 Å². The third-order valence-corrected chi connectivity index (χ3v) is 6.62. The van der Waals surface area contributed by atoms with Crippen LogP contribution in [-0.4, -0.2) is 32.8 Å². The molecule has 0 atom stereocenters. The van der Waals surface area contributed by atoms with Gasteiger partial charge in [-0.3, -0.25) is 9.69 Å². The van der Waals surface area contributed by atoms with E-state index in [2.05, 4.69) is 12.0 Å². The van der Waals surface area contributed by atoms with Crippen molar-refractivity contribution in [1.82, 2.24) is 9.78 Å². The molecule has 0 bridgehead atoms. The summed E-state index contributed by atoms with van der Waals surface area (Å²) < 4.78 is 7.37. The normalized spacial score (nSPS) is 17.8. The fourth-order valence-corrected chi connectivity index (χ4v) is 4.57. The number of nitrogens with zero attached hydrogens (tertiary/aromatic N) is 3. The molecule has 1 aliphatic carbocycles. The molecule has 184 valence electrons. The van der Waals surface area contributed by atoms with E-state index < -0.39 is 5.97 Å². The second kappa shape index (κ2) is 10.8. The Balaban J connectivity index is 1.56. The van der Waals surface area contributed by atoms with Crippen molar-refractivity contribution >= 4 is 17.7 Å². The van der Waals surface area contributed by atoms with E-state index in [1.165, 1.54) is 10.9 Å². The average Bonchev–Trinajstić information content (AvgIpc) is 3.29. The summed E-state index contributed by atoms with van der Waals surface area (Å²) in [5, 5.41) is 14.5. The highest BCUT2D eigenvalue weighted by atomic mass is 16.5. The van der Waals surface area contributed by atoms with Gasteiger partial charge in [0.15, 0.2) is 5.82 Å². The zero-order valence-corrected chi connectivity index (χ0v) is 20.6. The van der Waals surface area contributed by atoms with Gasteiger partial charge < -0.3 is 9.84 Å². The lowest BCUT2D eigenvalue weighted by Gasteiger charge is -2.32. The van der Waals surface area contributed by atoms with E-state index in [4.69, 9.17) is 4.74 Å². The Kier molecular flexibility index (Phi) is 7.54. The molecule has 1 saturated carbocycles. The number of carbonyl (C=O) groups is 2. The van der Waals surface area contributed by atoms with E-state index in [-0.39, 0.29) is 29.2 Å². The first kappa shape index (κ1) is 24.5. The number of aromatic nitrogens is 2. The lowest BCUT2D eigenvalue weighted by atomic mass is 9.82. The van der Waals surface area contributed by atoms with Crippen LogP contribution in [0, 0.1) is 11.8 Å². The van der Waals surface area contributed by atoms with E-state index in [0.29, 0.717) is 24.0 Å². The molecule has 7 nitrogen and oxygen atoms in total. The van der Waals surface area contributed by atoms with E-state index in [1.54, 1.807) is 4.90 Å². The topological polar surface area (TPSA) is 84.7 Å². The molecule has 1 aromatic heterocycles. The van der Waals surface area contributed by atoms with Crippen LogP contribution in [0.1, 0.15) is 62.4 Å². The Morgan fingerprint density at radius 1 is 1.06 bits per heavy atom. The van der Waals surface area contributed by atoms with Crippen molar-refractivity contribution in [3.05, 3.63) is 71.9 Å². The SMILES string of the molecule is CC1CCC(C(=O)N(c2nn(-c3ccc(OCc4ccccc4)cc3)cc2C(=O)O)C(C)C)CC1. The summed E-state index contributed by atoms with van der Waals surface area (Å²) in [4.78, 5) is 27.1. The summed E-state index contributed by atoms with van der Waals surface area (Å²) in [5.41, 5.74) is 1.78. The largest absolute Gasteiger partial charge is 0.489 e. The van der Waals surface area contributed by atoms with Crippen molar-refractivity contribution in [2.24, 2.45) is 11.8 Å². The molecule has 35 heavy (non-hydrogen) atoms. The lowest BCUT2D eigenvalue weighted by Crippen LogP contribution is -2.43. The van der Waals surface area contributed by atoms with Gasteiger partial charge in [0.25, 0.3) is 0 Å². The molecule has 2 aromatic carbocycles. The minimum Gasteiger partial charge on any atom is -0.489 e. The maximum Gasteiger partial charge on any atom is 0.341 e. The molecular formula is C28H33N3O4. The summed E-state index contributed by atoms with van der Waals surface area (Å²) in [7, 11) is 0. The first-order valence-corrected chi connectivity index (χ1v) is 12.3. The van der Waals surface area contributed by atoms with Gasteiger partial charge in [0.2, 0.25) is 5.91 Å². The number of rotatable bonds is 8. The minimum absolute atomic E-state index is 0.0145. The van der Waals surface area contributed by atoms with Crippen LogP contribution in [0.3, 0.4) is 0 Å². The van der Waals surface area contributed by atoms with E-state index in [9.17, 15) is 14.7 Å². The molecule has 1 heterocycles. The molecule has 0 radical (unpaired) electrons. The van der Waals surface area contributed by atoms with Crippen LogP contribution in [0.15, 0.2) is 60.8 Å². The van der Waals surface area contributed by atoms with Crippen LogP contribution in [0.5, 0.6) is 5.75 Å². The highest BCUT2D eigenvalue weighted by molar-refractivity contribution is 6.01. The van der Waals surface area contributed by atoms with Gasteiger partial charge >= 0.3 is 5.97 Å². The first-order valence-electron chi connectivity index (χ1n) is 12.3. The molecule has 1 amide bonds. The molecule has 1 aliphatic rings. The minimum atomic E-state index is -1.11. The van der Waals surface area contributed by atoms with E-state index >= 15 is 0 Å². The van der Waals surface area contributed by atoms with Crippen LogP contribution in [0.4, 0.5) is 5.82 Å². The van der Waals surface area contributed by atoms with Crippen LogP contribution in [-0.2, 0) is 11.4 Å². The molecule has 0 unspecified atom stereocenters. The first-order chi connectivity index (χ1) is 16.8. The van der Waals surface area contributed by atoms with Crippen molar-refractivity contribution in [1.29, 1.82) is 0 Å². The molecular weight excluding hydrogens is 442 g/mol. The summed E-state index contributed by atoms with van der Waals surface area (Å²) in [6.45, 7) is 6.46. The molecule has 0 saturated heterocycles. The predicted octanol–water partition coefficient (Wildman–Crippen LogP) is 5.72. The molecule has 1 fully saturated rings. The third-order valence-electron chi connectivity index (χ3n) is 6.62. The van der Waals surface area contributed by atoms with Crippen molar-refractivity contribution in [3.63, 3.8) is 0 Å². The number of amides is 1. The highest BCUT2D eigenvalue weighted by Crippen LogP contribution is 2.33. The fraction of sp³-hybridized carbons (Fsp3) is 0.393. The lowest BCUT2D eigenvalue weighted by molar-refractivity contribution is -0.124. The Labute approximate surface area is 206 Å². The zero-order chi connectivity index (χ0) is 24.9. The van der Waals surface area contributed by atoms with Gasteiger partial charge in [-0.25, -0.2) is 9.48 Å².